The fraction of sp³-hybridized carbons (Fsp3) is 0.567. The van der Waals surface area contributed by atoms with Gasteiger partial charge in [0.25, 0.3) is 5.91 Å². The van der Waals surface area contributed by atoms with Crippen molar-refractivity contribution in [2.45, 2.75) is 61.6 Å². The molecule has 3 saturated heterocycles. The molecule has 1 spiro atoms. The van der Waals surface area contributed by atoms with Gasteiger partial charge < -0.3 is 24.4 Å². The minimum Gasteiger partial charge on any atom is -0.497 e. The number of hydrogen-bond donors (Lipinski definition) is 1. The van der Waals surface area contributed by atoms with Gasteiger partial charge in [-0.3, -0.25) is 14.4 Å². The van der Waals surface area contributed by atoms with Crippen LogP contribution in [0.1, 0.15) is 39.5 Å². The Morgan fingerprint density at radius 2 is 1.97 bits per heavy atom. The van der Waals surface area contributed by atoms with Crippen LogP contribution < -0.4 is 9.64 Å². The maximum absolute atomic E-state index is 14.6. The summed E-state index contributed by atoms with van der Waals surface area (Å²) in [6, 6.07) is 5.84. The molecule has 0 radical (unpaired) electrons. The van der Waals surface area contributed by atoms with Crippen molar-refractivity contribution in [3.8, 4) is 5.75 Å². The first-order chi connectivity index (χ1) is 18.7. The number of amides is 2. The summed E-state index contributed by atoms with van der Waals surface area (Å²) in [5, 5.41) is 10.4. The van der Waals surface area contributed by atoms with Crippen LogP contribution in [0.5, 0.6) is 5.75 Å². The number of carbonyl (C=O) groups is 3. The van der Waals surface area contributed by atoms with E-state index in [0.29, 0.717) is 30.7 Å². The molecule has 0 aliphatic carbocycles. The number of nitrogens with zero attached hydrogens (tertiary/aromatic N) is 2. The normalized spacial score (nSPS) is 27.8. The lowest BCUT2D eigenvalue weighted by molar-refractivity contribution is -0.154. The molecule has 3 aliphatic heterocycles. The zero-order valence-electron chi connectivity index (χ0n) is 23.1. The lowest BCUT2D eigenvalue weighted by atomic mass is 9.71. The third-order valence-corrected chi connectivity index (χ3v) is 10.1. The van der Waals surface area contributed by atoms with Gasteiger partial charge in [-0.25, -0.2) is 0 Å². The predicted molar refractivity (Wildman–Crippen MR) is 153 cm³/mol. The summed E-state index contributed by atoms with van der Waals surface area (Å²) in [5.74, 6) is -1.28. The molecule has 1 N–H and O–H groups in total. The molecule has 39 heavy (non-hydrogen) atoms. The summed E-state index contributed by atoms with van der Waals surface area (Å²) in [5.41, 5.74) is 0.662. The van der Waals surface area contributed by atoms with Crippen LogP contribution in [0.3, 0.4) is 0 Å². The predicted octanol–water partition coefficient (Wildman–Crippen LogP) is 3.83. The van der Waals surface area contributed by atoms with Crippen LogP contribution in [0.25, 0.3) is 0 Å². The number of hydrogen-bond acceptors (Lipinski definition) is 7. The van der Waals surface area contributed by atoms with Gasteiger partial charge in [-0.1, -0.05) is 26.0 Å². The van der Waals surface area contributed by atoms with E-state index in [0.717, 1.165) is 6.42 Å². The summed E-state index contributed by atoms with van der Waals surface area (Å²) in [6.07, 6.45) is 5.80. The van der Waals surface area contributed by atoms with Crippen molar-refractivity contribution < 1.29 is 29.0 Å². The van der Waals surface area contributed by atoms with Crippen LogP contribution in [0.2, 0.25) is 0 Å². The molecular formula is C30H40N2O6S. The van der Waals surface area contributed by atoms with Crippen LogP contribution in [0.15, 0.2) is 49.6 Å². The standard InChI is InChI=1S/C30H40N2O6S/c1-6-8-16-38-29(36)24-23-13-14-30(39-23)25(24)27(34)32(21(18-33)17-19(3)4)26(30)28(35)31(15-7-2)20-9-11-22(37-5)12-10-20/h6-7,9-12,19,21,23-26,33H,1-2,8,13-18H2,3-5H3/t21-,23-,24+,25+,26?,30?/m1/s1. The van der Waals surface area contributed by atoms with E-state index in [4.69, 9.17) is 9.47 Å². The van der Waals surface area contributed by atoms with Crippen LogP contribution >= 0.6 is 11.8 Å². The molecule has 0 saturated carbocycles. The highest BCUT2D eigenvalue weighted by Gasteiger charge is 2.74. The van der Waals surface area contributed by atoms with Gasteiger partial charge in [-0.15, -0.1) is 24.9 Å². The van der Waals surface area contributed by atoms with Gasteiger partial charge in [-0.2, -0.15) is 0 Å². The molecular weight excluding hydrogens is 516 g/mol. The number of thioether (sulfide) groups is 1. The highest BCUT2D eigenvalue weighted by molar-refractivity contribution is 8.02. The minimum atomic E-state index is -0.825. The molecule has 0 aromatic heterocycles. The van der Waals surface area contributed by atoms with Crippen LogP contribution in [-0.4, -0.2) is 76.7 Å². The maximum Gasteiger partial charge on any atom is 0.310 e. The number of methoxy groups -OCH3 is 1. The number of likely N-dealkylation sites (tertiary alicyclic amines) is 1. The van der Waals surface area contributed by atoms with Gasteiger partial charge in [0.2, 0.25) is 5.91 Å². The van der Waals surface area contributed by atoms with Crippen molar-refractivity contribution in [3.05, 3.63) is 49.6 Å². The molecule has 1 aromatic rings. The molecule has 3 fully saturated rings. The second-order valence-corrected chi connectivity index (χ2v) is 12.5. The Morgan fingerprint density at radius 1 is 1.26 bits per heavy atom. The van der Waals surface area contributed by atoms with Gasteiger partial charge in [0, 0.05) is 17.5 Å². The van der Waals surface area contributed by atoms with E-state index >= 15 is 0 Å². The first-order valence-corrected chi connectivity index (χ1v) is 14.6. The highest BCUT2D eigenvalue weighted by atomic mass is 32.2. The van der Waals surface area contributed by atoms with Crippen molar-refractivity contribution in [2.24, 2.45) is 17.8 Å². The molecule has 2 unspecified atom stereocenters. The highest BCUT2D eigenvalue weighted by Crippen LogP contribution is 2.67. The van der Waals surface area contributed by atoms with Crippen molar-refractivity contribution in [2.75, 3.05) is 31.8 Å². The number of ether oxygens (including phenoxy) is 2. The van der Waals surface area contributed by atoms with Gasteiger partial charge >= 0.3 is 5.97 Å². The van der Waals surface area contributed by atoms with Crippen molar-refractivity contribution >= 4 is 35.2 Å². The molecule has 8 nitrogen and oxygen atoms in total. The van der Waals surface area contributed by atoms with Gasteiger partial charge in [0.05, 0.1) is 42.9 Å². The van der Waals surface area contributed by atoms with E-state index in [1.165, 1.54) is 0 Å². The summed E-state index contributed by atoms with van der Waals surface area (Å²) in [7, 11) is 1.58. The zero-order chi connectivity index (χ0) is 28.3. The molecule has 1 aromatic carbocycles. The van der Waals surface area contributed by atoms with Gasteiger partial charge in [0.15, 0.2) is 0 Å². The molecule has 2 bridgehead atoms. The maximum atomic E-state index is 14.6. The molecule has 3 heterocycles. The van der Waals surface area contributed by atoms with Crippen LogP contribution in [-0.2, 0) is 19.1 Å². The third kappa shape index (κ3) is 5.23. The van der Waals surface area contributed by atoms with E-state index in [1.807, 2.05) is 26.0 Å². The molecule has 9 heteroatoms. The Kier molecular flexibility index (Phi) is 9.11. The summed E-state index contributed by atoms with van der Waals surface area (Å²) in [4.78, 5) is 45.4. The Bertz CT molecular complexity index is 1090. The molecule has 212 valence electrons. The average molecular weight is 557 g/mol. The number of aliphatic hydroxyl groups excluding tert-OH is 1. The first kappa shape index (κ1) is 29.2. The largest absolute Gasteiger partial charge is 0.497 e. The summed E-state index contributed by atoms with van der Waals surface area (Å²) in [6.45, 7) is 11.8. The minimum absolute atomic E-state index is 0.0841. The van der Waals surface area contributed by atoms with Crippen LogP contribution in [0.4, 0.5) is 5.69 Å². The molecule has 3 aliphatic rings. The number of benzene rings is 1. The zero-order valence-corrected chi connectivity index (χ0v) is 23.9. The number of anilines is 1. The van der Waals surface area contributed by atoms with E-state index in [2.05, 4.69) is 13.2 Å². The second kappa shape index (κ2) is 12.2. The number of rotatable bonds is 13. The Morgan fingerprint density at radius 3 is 2.56 bits per heavy atom. The van der Waals surface area contributed by atoms with Crippen molar-refractivity contribution in [1.29, 1.82) is 0 Å². The van der Waals surface area contributed by atoms with E-state index in [1.54, 1.807) is 53.0 Å². The van der Waals surface area contributed by atoms with E-state index < -0.39 is 28.7 Å². The number of esters is 1. The Balaban J connectivity index is 1.77. The van der Waals surface area contributed by atoms with E-state index in [9.17, 15) is 19.5 Å². The summed E-state index contributed by atoms with van der Waals surface area (Å²) < 4.78 is 10.1. The lowest BCUT2D eigenvalue weighted by Gasteiger charge is -2.40. The average Bonchev–Trinajstić information content (AvgIpc) is 3.57. The molecule has 2 amide bonds. The Hall–Kier alpha value is -2.78. The smallest absolute Gasteiger partial charge is 0.310 e. The number of aliphatic hydroxyl groups is 1. The Labute approximate surface area is 235 Å². The number of fused-ring (bicyclic) bond motifs is 1. The van der Waals surface area contributed by atoms with E-state index in [-0.39, 0.29) is 48.7 Å². The summed E-state index contributed by atoms with van der Waals surface area (Å²) >= 11 is 1.59. The van der Waals surface area contributed by atoms with Crippen molar-refractivity contribution in [1.82, 2.24) is 4.90 Å². The van der Waals surface area contributed by atoms with Gasteiger partial charge in [0.1, 0.15) is 11.8 Å². The third-order valence-electron chi connectivity index (χ3n) is 8.12. The second-order valence-electron chi connectivity index (χ2n) is 10.9. The monoisotopic (exact) mass is 556 g/mol. The topological polar surface area (TPSA) is 96.4 Å². The molecule has 4 rings (SSSR count). The number of carbonyl (C=O) groups excluding carboxylic acids is 3. The van der Waals surface area contributed by atoms with Crippen LogP contribution in [0, 0.1) is 17.8 Å². The quantitative estimate of drug-likeness (QED) is 0.224. The fourth-order valence-corrected chi connectivity index (χ4v) is 8.74. The SMILES string of the molecule is C=CCCOC(=O)[C@@H]1[C@H]2C(=O)N([C@@H](CO)CC(C)C)C(C(=O)N(CC=C)c3ccc(OC)cc3)C23CC[C@H]1S3. The van der Waals surface area contributed by atoms with Gasteiger partial charge in [-0.05, 0) is 55.9 Å². The fourth-order valence-electron chi connectivity index (χ4n) is 6.55. The first-order valence-electron chi connectivity index (χ1n) is 13.7. The van der Waals surface area contributed by atoms with Crippen molar-refractivity contribution in [3.63, 3.8) is 0 Å². The molecule has 6 atom stereocenters. The lowest BCUT2D eigenvalue weighted by Crippen LogP contribution is -2.57.